The maximum atomic E-state index is 12.5. The summed E-state index contributed by atoms with van der Waals surface area (Å²) in [6.45, 7) is 4.26. The molecular weight excluding hydrogens is 319 g/mol. The first kappa shape index (κ1) is 16.7. The van der Waals surface area contributed by atoms with Crippen LogP contribution in [0.3, 0.4) is 0 Å². The van der Waals surface area contributed by atoms with Gasteiger partial charge in [-0.3, -0.25) is 0 Å². The van der Waals surface area contributed by atoms with Crippen LogP contribution in [-0.4, -0.2) is 24.7 Å². The minimum Gasteiger partial charge on any atom is -0.368 e. The molecule has 0 spiro atoms. The number of aromatic nitrogens is 1. The van der Waals surface area contributed by atoms with Gasteiger partial charge in [0.25, 0.3) is 0 Å². The van der Waals surface area contributed by atoms with E-state index in [1.807, 2.05) is 31.2 Å². The third kappa shape index (κ3) is 3.68. The van der Waals surface area contributed by atoms with E-state index in [-0.39, 0.29) is 5.60 Å². The summed E-state index contributed by atoms with van der Waals surface area (Å²) < 4.78 is 43.4. The summed E-state index contributed by atoms with van der Waals surface area (Å²) >= 11 is 0. The second-order valence-corrected chi connectivity index (χ2v) is 5.89. The summed E-state index contributed by atoms with van der Waals surface area (Å²) in [5.74, 6) is 0.359. The van der Waals surface area contributed by atoms with Crippen LogP contribution in [-0.2, 0) is 16.5 Å². The molecule has 0 amide bonds. The van der Waals surface area contributed by atoms with Crippen molar-refractivity contribution in [2.24, 2.45) is 0 Å². The fourth-order valence-corrected chi connectivity index (χ4v) is 2.60. The van der Waals surface area contributed by atoms with Gasteiger partial charge in [0.1, 0.15) is 11.4 Å². The van der Waals surface area contributed by atoms with Gasteiger partial charge in [0.05, 0.1) is 12.2 Å². The van der Waals surface area contributed by atoms with E-state index in [1.54, 1.807) is 0 Å². The van der Waals surface area contributed by atoms with E-state index in [0.29, 0.717) is 12.4 Å². The number of hydrogen-bond acceptors (Lipinski definition) is 4. The first-order chi connectivity index (χ1) is 11.4. The van der Waals surface area contributed by atoms with E-state index >= 15 is 0 Å². The molecule has 1 aliphatic rings. The molecule has 3 rings (SSSR count). The van der Waals surface area contributed by atoms with E-state index in [2.05, 4.69) is 15.6 Å². The number of nitrogens with one attached hydrogen (secondary N) is 2. The SMILES string of the molecule is C[C@@]1(c2ccc(Nc3ccc(C(F)(F)F)cn3)cc2)CNCCO1. The third-order valence-corrected chi connectivity index (χ3v) is 4.02. The Kier molecular flexibility index (Phi) is 4.47. The van der Waals surface area contributed by atoms with Gasteiger partial charge in [0.2, 0.25) is 0 Å². The van der Waals surface area contributed by atoms with Crippen molar-refractivity contribution in [3.8, 4) is 0 Å². The largest absolute Gasteiger partial charge is 0.417 e. The van der Waals surface area contributed by atoms with Gasteiger partial charge in [-0.15, -0.1) is 0 Å². The predicted molar refractivity (Wildman–Crippen MR) is 85.1 cm³/mol. The minimum absolute atomic E-state index is 0.359. The zero-order valence-electron chi connectivity index (χ0n) is 13.2. The highest BCUT2D eigenvalue weighted by atomic mass is 19.4. The lowest BCUT2D eigenvalue weighted by Gasteiger charge is -2.35. The summed E-state index contributed by atoms with van der Waals surface area (Å²) in [6, 6.07) is 9.92. The van der Waals surface area contributed by atoms with E-state index < -0.39 is 11.7 Å². The fraction of sp³-hybridized carbons (Fsp3) is 0.353. The number of benzene rings is 1. The third-order valence-electron chi connectivity index (χ3n) is 4.02. The van der Waals surface area contributed by atoms with Crippen LogP contribution in [0.5, 0.6) is 0 Å². The standard InChI is InChI=1S/C17H18F3N3O/c1-16(11-21-8-9-24-16)12-2-5-14(6-3-12)23-15-7-4-13(10-22-15)17(18,19)20/h2-7,10,21H,8-9,11H2,1H3,(H,22,23)/t16-/m0/s1. The molecule has 2 aromatic rings. The van der Waals surface area contributed by atoms with Gasteiger partial charge in [-0.1, -0.05) is 12.1 Å². The molecule has 1 atom stereocenters. The molecule has 128 valence electrons. The molecular formula is C17H18F3N3O. The molecule has 0 saturated carbocycles. The summed E-state index contributed by atoms with van der Waals surface area (Å²) in [7, 11) is 0. The zero-order valence-corrected chi connectivity index (χ0v) is 13.2. The van der Waals surface area contributed by atoms with Crippen molar-refractivity contribution in [2.45, 2.75) is 18.7 Å². The molecule has 1 fully saturated rings. The number of ether oxygens (including phenoxy) is 1. The van der Waals surface area contributed by atoms with Gasteiger partial charge in [-0.05, 0) is 36.8 Å². The van der Waals surface area contributed by atoms with E-state index in [1.165, 1.54) is 6.07 Å². The van der Waals surface area contributed by atoms with Crippen molar-refractivity contribution in [2.75, 3.05) is 25.0 Å². The topological polar surface area (TPSA) is 46.2 Å². The van der Waals surface area contributed by atoms with E-state index in [9.17, 15) is 13.2 Å². The number of nitrogens with zero attached hydrogens (tertiary/aromatic N) is 1. The quantitative estimate of drug-likeness (QED) is 0.897. The molecule has 0 radical (unpaired) electrons. The Balaban J connectivity index is 1.70. The Labute approximate surface area is 138 Å². The molecule has 4 nitrogen and oxygen atoms in total. The Morgan fingerprint density at radius 1 is 1.17 bits per heavy atom. The van der Waals surface area contributed by atoms with Crippen molar-refractivity contribution in [1.82, 2.24) is 10.3 Å². The molecule has 7 heteroatoms. The summed E-state index contributed by atoms with van der Waals surface area (Å²) in [6.07, 6.45) is -3.56. The molecule has 0 bridgehead atoms. The molecule has 1 aromatic heterocycles. The fourth-order valence-electron chi connectivity index (χ4n) is 2.60. The van der Waals surface area contributed by atoms with Crippen LogP contribution >= 0.6 is 0 Å². The number of pyridine rings is 1. The highest BCUT2D eigenvalue weighted by Gasteiger charge is 2.31. The molecule has 24 heavy (non-hydrogen) atoms. The number of rotatable bonds is 3. The monoisotopic (exact) mass is 337 g/mol. The normalized spacial score (nSPS) is 21.5. The van der Waals surface area contributed by atoms with Gasteiger partial charge >= 0.3 is 6.18 Å². The Morgan fingerprint density at radius 3 is 2.46 bits per heavy atom. The molecule has 0 unspecified atom stereocenters. The second-order valence-electron chi connectivity index (χ2n) is 5.89. The van der Waals surface area contributed by atoms with Crippen molar-refractivity contribution in [1.29, 1.82) is 0 Å². The molecule has 2 N–H and O–H groups in total. The van der Waals surface area contributed by atoms with Crippen LogP contribution in [0.4, 0.5) is 24.7 Å². The molecule has 1 saturated heterocycles. The smallest absolute Gasteiger partial charge is 0.368 e. The first-order valence-electron chi connectivity index (χ1n) is 7.62. The van der Waals surface area contributed by atoms with Crippen molar-refractivity contribution in [3.05, 3.63) is 53.7 Å². The second kappa shape index (κ2) is 6.41. The van der Waals surface area contributed by atoms with Crippen LogP contribution in [0.25, 0.3) is 0 Å². The maximum Gasteiger partial charge on any atom is 0.417 e. The van der Waals surface area contributed by atoms with Crippen LogP contribution in [0.2, 0.25) is 0 Å². The Morgan fingerprint density at radius 2 is 1.92 bits per heavy atom. The first-order valence-corrected chi connectivity index (χ1v) is 7.62. The molecule has 1 aliphatic heterocycles. The van der Waals surface area contributed by atoms with Gasteiger partial charge < -0.3 is 15.4 Å². The van der Waals surface area contributed by atoms with Crippen LogP contribution in [0.15, 0.2) is 42.6 Å². The molecule has 2 heterocycles. The lowest BCUT2D eigenvalue weighted by atomic mass is 9.94. The van der Waals surface area contributed by atoms with Crippen LogP contribution in [0, 0.1) is 0 Å². The van der Waals surface area contributed by atoms with Crippen LogP contribution in [0.1, 0.15) is 18.1 Å². The van der Waals surface area contributed by atoms with Crippen LogP contribution < -0.4 is 10.6 Å². The van der Waals surface area contributed by atoms with Crippen molar-refractivity contribution >= 4 is 11.5 Å². The molecule has 1 aromatic carbocycles. The number of anilines is 2. The van der Waals surface area contributed by atoms with E-state index in [4.69, 9.17) is 4.74 Å². The molecule has 0 aliphatic carbocycles. The summed E-state index contributed by atoms with van der Waals surface area (Å²) in [5, 5.41) is 6.29. The number of hydrogen-bond donors (Lipinski definition) is 2. The predicted octanol–water partition coefficient (Wildman–Crippen LogP) is 3.68. The average Bonchev–Trinajstić information content (AvgIpc) is 2.56. The van der Waals surface area contributed by atoms with Gasteiger partial charge in [0, 0.05) is 25.0 Å². The summed E-state index contributed by atoms with van der Waals surface area (Å²) in [5.41, 5.74) is 0.654. The Bertz CT molecular complexity index is 678. The number of halogens is 3. The van der Waals surface area contributed by atoms with Gasteiger partial charge in [0.15, 0.2) is 0 Å². The maximum absolute atomic E-state index is 12.5. The minimum atomic E-state index is -4.38. The Hall–Kier alpha value is -2.12. The lowest BCUT2D eigenvalue weighted by molar-refractivity contribution is -0.137. The zero-order chi connectivity index (χ0) is 17.2. The highest BCUT2D eigenvalue weighted by Crippen LogP contribution is 2.30. The summed E-state index contributed by atoms with van der Waals surface area (Å²) in [4.78, 5) is 3.80. The van der Waals surface area contributed by atoms with E-state index in [0.717, 1.165) is 36.6 Å². The average molecular weight is 337 g/mol. The van der Waals surface area contributed by atoms with Crippen molar-refractivity contribution < 1.29 is 17.9 Å². The highest BCUT2D eigenvalue weighted by molar-refractivity contribution is 5.56. The number of alkyl halides is 3. The van der Waals surface area contributed by atoms with Crippen molar-refractivity contribution in [3.63, 3.8) is 0 Å². The van der Waals surface area contributed by atoms with Gasteiger partial charge in [-0.2, -0.15) is 13.2 Å². The van der Waals surface area contributed by atoms with Gasteiger partial charge in [-0.25, -0.2) is 4.98 Å². The number of morpholine rings is 1. The lowest BCUT2D eigenvalue weighted by Crippen LogP contribution is -2.45.